The zero-order chi connectivity index (χ0) is 13.2. The number of amides is 1. The molecule has 2 heterocycles. The molecule has 1 amide bonds. The molecule has 2 aliphatic rings. The lowest BCUT2D eigenvalue weighted by molar-refractivity contribution is -0.130. The molecule has 1 aliphatic heterocycles. The molecule has 1 aromatic heterocycles. The van der Waals surface area contributed by atoms with Crippen LogP contribution in [0.4, 0.5) is 0 Å². The van der Waals surface area contributed by atoms with Crippen molar-refractivity contribution in [3.8, 4) is 0 Å². The highest BCUT2D eigenvalue weighted by molar-refractivity contribution is 5.76. The molecule has 5 heteroatoms. The van der Waals surface area contributed by atoms with Gasteiger partial charge in [0, 0.05) is 19.5 Å². The Morgan fingerprint density at radius 3 is 3.05 bits per heavy atom. The fraction of sp³-hybridized carbons (Fsp3) is 0.643. The summed E-state index contributed by atoms with van der Waals surface area (Å²) < 4.78 is 1.72. The Morgan fingerprint density at radius 1 is 1.42 bits per heavy atom. The molecule has 0 saturated carbocycles. The summed E-state index contributed by atoms with van der Waals surface area (Å²) in [7, 11) is 0. The Hall–Kier alpha value is -1.65. The third kappa shape index (κ3) is 2.69. The summed E-state index contributed by atoms with van der Waals surface area (Å²) in [6.45, 7) is 4.70. The van der Waals surface area contributed by atoms with Crippen molar-refractivity contribution < 1.29 is 4.79 Å². The van der Waals surface area contributed by atoms with Gasteiger partial charge in [-0.1, -0.05) is 11.6 Å². The van der Waals surface area contributed by atoms with Crippen LogP contribution in [-0.2, 0) is 11.3 Å². The topological polar surface area (TPSA) is 51.0 Å². The summed E-state index contributed by atoms with van der Waals surface area (Å²) in [5.74, 6) is 1.61. The standard InChI is InChI=1S/C14H20N4O/c1-11-2-3-12-7-17(8-13(12)6-11)14(19)4-5-18-10-15-9-16-18/h2,9-10,12-13H,3-8H2,1H3/t12-,13+/m0/s1. The lowest BCUT2D eigenvalue weighted by Crippen LogP contribution is -2.29. The lowest BCUT2D eigenvalue weighted by Gasteiger charge is -2.21. The fourth-order valence-corrected chi connectivity index (χ4v) is 3.21. The van der Waals surface area contributed by atoms with Gasteiger partial charge in [0.2, 0.25) is 5.91 Å². The minimum absolute atomic E-state index is 0.252. The summed E-state index contributed by atoms with van der Waals surface area (Å²) in [5.41, 5.74) is 1.48. The Kier molecular flexibility index (Phi) is 3.36. The highest BCUT2D eigenvalue weighted by atomic mass is 16.2. The van der Waals surface area contributed by atoms with E-state index in [-0.39, 0.29) is 5.91 Å². The molecule has 0 bridgehead atoms. The van der Waals surface area contributed by atoms with Crippen LogP contribution in [0.3, 0.4) is 0 Å². The average molecular weight is 260 g/mol. The molecule has 1 saturated heterocycles. The van der Waals surface area contributed by atoms with Gasteiger partial charge in [0.1, 0.15) is 12.7 Å². The van der Waals surface area contributed by atoms with Crippen molar-refractivity contribution in [3.63, 3.8) is 0 Å². The van der Waals surface area contributed by atoms with E-state index in [2.05, 4.69) is 23.1 Å². The minimum atomic E-state index is 0.252. The smallest absolute Gasteiger partial charge is 0.224 e. The first-order chi connectivity index (χ1) is 9.22. The number of allylic oxidation sites excluding steroid dienone is 2. The zero-order valence-electron chi connectivity index (χ0n) is 11.3. The molecule has 1 aliphatic carbocycles. The number of hydrogen-bond donors (Lipinski definition) is 0. The predicted octanol–water partition coefficient (Wildman–Crippen LogP) is 1.48. The van der Waals surface area contributed by atoms with E-state index in [1.165, 1.54) is 11.9 Å². The van der Waals surface area contributed by atoms with Gasteiger partial charge in [-0.25, -0.2) is 4.98 Å². The van der Waals surface area contributed by atoms with Gasteiger partial charge in [0.25, 0.3) is 0 Å². The fourth-order valence-electron chi connectivity index (χ4n) is 3.21. The van der Waals surface area contributed by atoms with Crippen molar-refractivity contribution in [2.24, 2.45) is 11.8 Å². The number of carbonyl (C=O) groups excluding carboxylic acids is 1. The largest absolute Gasteiger partial charge is 0.342 e. The van der Waals surface area contributed by atoms with Crippen molar-refractivity contribution in [1.82, 2.24) is 19.7 Å². The number of fused-ring (bicyclic) bond motifs is 1. The average Bonchev–Trinajstić information content (AvgIpc) is 3.04. The van der Waals surface area contributed by atoms with Crippen molar-refractivity contribution >= 4 is 5.91 Å². The van der Waals surface area contributed by atoms with Crippen LogP contribution in [-0.4, -0.2) is 38.7 Å². The maximum atomic E-state index is 12.2. The molecule has 2 atom stereocenters. The highest BCUT2D eigenvalue weighted by Gasteiger charge is 2.35. The van der Waals surface area contributed by atoms with Crippen molar-refractivity contribution in [2.75, 3.05) is 13.1 Å². The predicted molar refractivity (Wildman–Crippen MR) is 71.2 cm³/mol. The van der Waals surface area contributed by atoms with Gasteiger partial charge in [-0.2, -0.15) is 5.10 Å². The number of hydrogen-bond acceptors (Lipinski definition) is 3. The first kappa shape index (κ1) is 12.4. The van der Waals surface area contributed by atoms with E-state index in [0.717, 1.165) is 25.9 Å². The van der Waals surface area contributed by atoms with Gasteiger partial charge in [-0.15, -0.1) is 0 Å². The maximum Gasteiger partial charge on any atom is 0.224 e. The Labute approximate surface area is 113 Å². The van der Waals surface area contributed by atoms with Crippen molar-refractivity contribution in [3.05, 3.63) is 24.3 Å². The number of aromatic nitrogens is 3. The lowest BCUT2D eigenvalue weighted by atomic mass is 9.83. The Morgan fingerprint density at radius 2 is 2.26 bits per heavy atom. The van der Waals surface area contributed by atoms with E-state index in [9.17, 15) is 4.79 Å². The van der Waals surface area contributed by atoms with E-state index in [4.69, 9.17) is 0 Å². The van der Waals surface area contributed by atoms with E-state index >= 15 is 0 Å². The van der Waals surface area contributed by atoms with Gasteiger partial charge in [-0.3, -0.25) is 9.48 Å². The van der Waals surface area contributed by atoms with E-state index in [1.807, 2.05) is 4.90 Å². The summed E-state index contributed by atoms with van der Waals surface area (Å²) >= 11 is 0. The molecule has 0 spiro atoms. The van der Waals surface area contributed by atoms with E-state index in [1.54, 1.807) is 11.0 Å². The molecule has 1 fully saturated rings. The molecule has 3 rings (SSSR count). The third-order valence-electron chi connectivity index (χ3n) is 4.30. The van der Waals surface area contributed by atoms with Crippen LogP contribution in [0, 0.1) is 11.8 Å². The van der Waals surface area contributed by atoms with Gasteiger partial charge in [0.05, 0.1) is 6.54 Å². The molecular formula is C14H20N4O. The normalized spacial score (nSPS) is 26.2. The maximum absolute atomic E-state index is 12.2. The molecule has 102 valence electrons. The summed E-state index contributed by atoms with van der Waals surface area (Å²) in [6, 6.07) is 0. The first-order valence-corrected chi connectivity index (χ1v) is 6.98. The van der Waals surface area contributed by atoms with Gasteiger partial charge < -0.3 is 4.90 Å². The van der Waals surface area contributed by atoms with E-state index < -0.39 is 0 Å². The molecule has 1 aromatic rings. The summed E-state index contributed by atoms with van der Waals surface area (Å²) in [5, 5.41) is 4.02. The van der Waals surface area contributed by atoms with Gasteiger partial charge in [-0.05, 0) is 31.6 Å². The molecule has 0 aromatic carbocycles. The second kappa shape index (κ2) is 5.15. The molecule has 0 unspecified atom stereocenters. The molecular weight excluding hydrogens is 240 g/mol. The van der Waals surface area contributed by atoms with Crippen LogP contribution >= 0.6 is 0 Å². The van der Waals surface area contributed by atoms with Gasteiger partial charge in [0.15, 0.2) is 0 Å². The van der Waals surface area contributed by atoms with Gasteiger partial charge >= 0.3 is 0 Å². The van der Waals surface area contributed by atoms with Crippen LogP contribution < -0.4 is 0 Å². The van der Waals surface area contributed by atoms with Crippen LogP contribution in [0.25, 0.3) is 0 Å². The number of rotatable bonds is 3. The first-order valence-electron chi connectivity index (χ1n) is 6.98. The van der Waals surface area contributed by atoms with Crippen LogP contribution in [0.1, 0.15) is 26.2 Å². The molecule has 0 N–H and O–H groups in total. The second-order valence-corrected chi connectivity index (χ2v) is 5.72. The minimum Gasteiger partial charge on any atom is -0.342 e. The van der Waals surface area contributed by atoms with Crippen LogP contribution in [0.2, 0.25) is 0 Å². The number of likely N-dealkylation sites (tertiary alicyclic amines) is 1. The quantitative estimate of drug-likeness (QED) is 0.774. The monoisotopic (exact) mass is 260 g/mol. The molecule has 5 nitrogen and oxygen atoms in total. The highest BCUT2D eigenvalue weighted by Crippen LogP contribution is 2.35. The van der Waals surface area contributed by atoms with Crippen LogP contribution in [0.5, 0.6) is 0 Å². The third-order valence-corrected chi connectivity index (χ3v) is 4.30. The zero-order valence-corrected chi connectivity index (χ0v) is 11.3. The summed E-state index contributed by atoms with van der Waals surface area (Å²) in [6.07, 6.45) is 8.33. The number of aryl methyl sites for hydroxylation is 1. The second-order valence-electron chi connectivity index (χ2n) is 5.72. The number of carbonyl (C=O) groups is 1. The van der Waals surface area contributed by atoms with Crippen molar-refractivity contribution in [1.29, 1.82) is 0 Å². The Balaban J connectivity index is 1.52. The van der Waals surface area contributed by atoms with Crippen molar-refractivity contribution in [2.45, 2.75) is 32.7 Å². The Bertz CT molecular complexity index is 480. The summed E-state index contributed by atoms with van der Waals surface area (Å²) in [4.78, 5) is 18.1. The molecule has 0 radical (unpaired) electrons. The van der Waals surface area contributed by atoms with Crippen LogP contribution in [0.15, 0.2) is 24.3 Å². The number of nitrogens with zero attached hydrogens (tertiary/aromatic N) is 4. The SMILES string of the molecule is CC1=CC[C@H]2CN(C(=O)CCn3cncn3)C[C@H]2C1. The van der Waals surface area contributed by atoms with E-state index in [0.29, 0.717) is 24.8 Å². The molecule has 19 heavy (non-hydrogen) atoms.